The average Bonchev–Trinajstić information content (AvgIpc) is 3.03. The highest BCUT2D eigenvalue weighted by Crippen LogP contribution is 2.21. The van der Waals surface area contributed by atoms with E-state index in [9.17, 15) is 9.90 Å². The second kappa shape index (κ2) is 4.40. The summed E-state index contributed by atoms with van der Waals surface area (Å²) in [4.78, 5) is 12.3. The first-order valence-electron chi connectivity index (χ1n) is 6.07. The van der Waals surface area contributed by atoms with Gasteiger partial charge in [0.05, 0.1) is 11.2 Å². The summed E-state index contributed by atoms with van der Waals surface area (Å²) >= 11 is 0. The largest absolute Gasteiger partial charge is 0.366 e. The van der Waals surface area contributed by atoms with Gasteiger partial charge < -0.3 is 14.2 Å². The summed E-state index contributed by atoms with van der Waals surface area (Å²) < 4.78 is 3.29. The fraction of sp³-hybridized carbons (Fsp3) is 0.133. The summed E-state index contributed by atoms with van der Waals surface area (Å²) in [6.07, 6.45) is 2.32. The van der Waals surface area contributed by atoms with Gasteiger partial charge in [-0.05, 0) is 29.7 Å². The molecule has 1 unspecified atom stereocenters. The second-order valence-corrected chi connectivity index (χ2v) is 4.52. The van der Waals surface area contributed by atoms with Gasteiger partial charge in [-0.2, -0.15) is 0 Å². The van der Waals surface area contributed by atoms with Crippen LogP contribution in [0.4, 0.5) is 0 Å². The maximum absolute atomic E-state index is 12.3. The van der Waals surface area contributed by atoms with Crippen molar-refractivity contribution in [3.05, 3.63) is 60.6 Å². The van der Waals surface area contributed by atoms with Crippen LogP contribution in [-0.2, 0) is 7.05 Å². The van der Waals surface area contributed by atoms with E-state index in [-0.39, 0.29) is 5.78 Å². The van der Waals surface area contributed by atoms with E-state index >= 15 is 0 Å². The van der Waals surface area contributed by atoms with Crippen molar-refractivity contribution in [2.75, 3.05) is 0 Å². The summed E-state index contributed by atoms with van der Waals surface area (Å²) in [7, 11) is 1.79. The number of fused-ring (bicyclic) bond motifs is 1. The summed E-state index contributed by atoms with van der Waals surface area (Å²) in [5, 5.41) is 11.3. The highest BCUT2D eigenvalue weighted by Gasteiger charge is 2.21. The van der Waals surface area contributed by atoms with Gasteiger partial charge in [-0.3, -0.25) is 4.79 Å². The third-order valence-electron chi connectivity index (χ3n) is 3.32. The van der Waals surface area contributed by atoms with Crippen molar-refractivity contribution in [3.63, 3.8) is 0 Å². The predicted molar refractivity (Wildman–Crippen MR) is 72.9 cm³/mol. The smallest absolute Gasteiger partial charge is 0.228 e. The molecule has 1 atom stereocenters. The minimum absolute atomic E-state index is 0.311. The van der Waals surface area contributed by atoms with Crippen LogP contribution in [0.15, 0.2) is 54.9 Å². The zero-order valence-corrected chi connectivity index (χ0v) is 10.5. The normalized spacial score (nSPS) is 12.7. The van der Waals surface area contributed by atoms with Crippen molar-refractivity contribution in [3.8, 4) is 0 Å². The molecule has 0 radical (unpaired) electrons. The number of benzene rings is 1. The van der Waals surface area contributed by atoms with E-state index in [1.807, 2.05) is 30.3 Å². The molecule has 96 valence electrons. The fourth-order valence-electron chi connectivity index (χ4n) is 2.29. The zero-order chi connectivity index (χ0) is 13.4. The highest BCUT2D eigenvalue weighted by molar-refractivity contribution is 5.97. The minimum atomic E-state index is -1.20. The Hall–Kier alpha value is -2.33. The summed E-state index contributed by atoms with van der Waals surface area (Å²) in [5.41, 5.74) is 1.34. The van der Waals surface area contributed by atoms with Crippen molar-refractivity contribution < 1.29 is 9.90 Å². The molecular weight excluding hydrogens is 240 g/mol. The molecule has 0 aliphatic carbocycles. The Balaban J connectivity index is 2.02. The lowest BCUT2D eigenvalue weighted by Crippen LogP contribution is -2.20. The number of para-hydroxylation sites is 1. The van der Waals surface area contributed by atoms with E-state index in [0.29, 0.717) is 5.69 Å². The number of nitrogens with zero attached hydrogens (tertiary/aromatic N) is 2. The van der Waals surface area contributed by atoms with Crippen LogP contribution >= 0.6 is 0 Å². The first-order chi connectivity index (χ1) is 9.18. The number of ketones is 1. The van der Waals surface area contributed by atoms with E-state index in [4.69, 9.17) is 0 Å². The van der Waals surface area contributed by atoms with E-state index in [2.05, 4.69) is 0 Å². The van der Waals surface area contributed by atoms with Crippen LogP contribution in [0.5, 0.6) is 0 Å². The van der Waals surface area contributed by atoms with Gasteiger partial charge in [-0.25, -0.2) is 0 Å². The molecule has 0 saturated carbocycles. The van der Waals surface area contributed by atoms with Crippen molar-refractivity contribution in [1.82, 2.24) is 9.13 Å². The van der Waals surface area contributed by atoms with Gasteiger partial charge in [0, 0.05) is 19.4 Å². The van der Waals surface area contributed by atoms with Gasteiger partial charge >= 0.3 is 0 Å². The Bertz CT molecular complexity index is 739. The number of aryl methyl sites for hydroxylation is 1. The van der Waals surface area contributed by atoms with E-state index in [1.165, 1.54) is 0 Å². The van der Waals surface area contributed by atoms with Crippen LogP contribution in [0.25, 0.3) is 10.9 Å². The first-order valence-corrected chi connectivity index (χ1v) is 6.07. The van der Waals surface area contributed by atoms with Gasteiger partial charge in [-0.15, -0.1) is 0 Å². The van der Waals surface area contributed by atoms with Crippen molar-refractivity contribution in [1.29, 1.82) is 0 Å². The molecule has 1 aromatic carbocycles. The molecule has 1 N–H and O–H groups in total. The molecule has 0 aliphatic rings. The second-order valence-electron chi connectivity index (χ2n) is 4.52. The number of carbonyl (C=O) groups is 1. The van der Waals surface area contributed by atoms with Gasteiger partial charge in [0.1, 0.15) is 0 Å². The number of rotatable bonds is 3. The lowest BCUT2D eigenvalue weighted by molar-refractivity contribution is 0.0579. The molecule has 3 aromatic rings. The number of carbonyl (C=O) groups excluding carboxylic acids is 1. The third-order valence-corrected chi connectivity index (χ3v) is 3.32. The fourth-order valence-corrected chi connectivity index (χ4v) is 2.29. The SMILES string of the molecule is Cn1cccc1C(=O)C(O)n1ccc2ccccc21. The van der Waals surface area contributed by atoms with Crippen LogP contribution in [0.3, 0.4) is 0 Å². The van der Waals surface area contributed by atoms with E-state index < -0.39 is 6.23 Å². The molecule has 0 bridgehead atoms. The Morgan fingerprint density at radius 1 is 1.11 bits per heavy atom. The quantitative estimate of drug-likeness (QED) is 0.729. The average molecular weight is 254 g/mol. The van der Waals surface area contributed by atoms with Gasteiger partial charge in [0.25, 0.3) is 0 Å². The zero-order valence-electron chi connectivity index (χ0n) is 10.5. The molecule has 0 amide bonds. The van der Waals surface area contributed by atoms with E-state index in [1.54, 1.807) is 40.7 Å². The Kier molecular flexibility index (Phi) is 2.72. The summed E-state index contributed by atoms with van der Waals surface area (Å²) in [5.74, 6) is -0.311. The van der Waals surface area contributed by atoms with Gasteiger partial charge in [0.15, 0.2) is 6.23 Å². The minimum Gasteiger partial charge on any atom is -0.366 e. The van der Waals surface area contributed by atoms with Crippen LogP contribution in [-0.4, -0.2) is 20.0 Å². The maximum atomic E-state index is 12.3. The molecule has 4 nitrogen and oxygen atoms in total. The number of hydrogen-bond acceptors (Lipinski definition) is 2. The Morgan fingerprint density at radius 3 is 2.63 bits per heavy atom. The van der Waals surface area contributed by atoms with E-state index in [0.717, 1.165) is 10.9 Å². The molecule has 3 rings (SSSR count). The summed E-state index contributed by atoms with van der Waals surface area (Å²) in [6, 6.07) is 13.0. The van der Waals surface area contributed by atoms with Crippen LogP contribution in [0.1, 0.15) is 16.7 Å². The predicted octanol–water partition coefficient (Wildman–Crippen LogP) is 2.35. The molecule has 4 heteroatoms. The van der Waals surface area contributed by atoms with Gasteiger partial charge in [-0.1, -0.05) is 18.2 Å². The Morgan fingerprint density at radius 2 is 1.89 bits per heavy atom. The highest BCUT2D eigenvalue weighted by atomic mass is 16.3. The number of aliphatic hydroxyl groups excluding tert-OH is 1. The number of aromatic nitrogens is 2. The number of aliphatic hydroxyl groups is 1. The van der Waals surface area contributed by atoms with Crippen molar-refractivity contribution in [2.24, 2.45) is 7.05 Å². The molecule has 0 aliphatic heterocycles. The molecule has 2 heterocycles. The monoisotopic (exact) mass is 254 g/mol. The Labute approximate surface area is 110 Å². The molecule has 2 aromatic heterocycles. The molecule has 19 heavy (non-hydrogen) atoms. The lowest BCUT2D eigenvalue weighted by atomic mass is 10.2. The van der Waals surface area contributed by atoms with Crippen molar-refractivity contribution >= 4 is 16.7 Å². The molecule has 0 spiro atoms. The van der Waals surface area contributed by atoms with Crippen LogP contribution < -0.4 is 0 Å². The summed E-state index contributed by atoms with van der Waals surface area (Å²) in [6.45, 7) is 0. The lowest BCUT2D eigenvalue weighted by Gasteiger charge is -2.13. The number of hydrogen-bond donors (Lipinski definition) is 1. The molecule has 0 fully saturated rings. The van der Waals surface area contributed by atoms with Gasteiger partial charge in [0.2, 0.25) is 5.78 Å². The first kappa shape index (κ1) is 11.7. The van der Waals surface area contributed by atoms with Crippen LogP contribution in [0.2, 0.25) is 0 Å². The number of Topliss-reactive ketones (excluding diaryl/α,β-unsaturated/α-hetero) is 1. The third kappa shape index (κ3) is 1.86. The maximum Gasteiger partial charge on any atom is 0.228 e. The van der Waals surface area contributed by atoms with Crippen LogP contribution in [0, 0.1) is 0 Å². The molecule has 0 saturated heterocycles. The standard InChI is InChI=1S/C15H14N2O2/c1-16-9-4-7-13(16)14(18)15(19)17-10-8-11-5-2-3-6-12(11)17/h2-10,15,19H,1H3. The molecular formula is C15H14N2O2. The van der Waals surface area contributed by atoms with Crippen molar-refractivity contribution in [2.45, 2.75) is 6.23 Å². The topological polar surface area (TPSA) is 47.2 Å².